The predicted molar refractivity (Wildman–Crippen MR) is 167 cm³/mol. The van der Waals surface area contributed by atoms with Gasteiger partial charge in [-0.15, -0.1) is 0 Å². The maximum atomic E-state index is 14.2. The van der Waals surface area contributed by atoms with E-state index in [1.54, 1.807) is 30.3 Å². The van der Waals surface area contributed by atoms with Gasteiger partial charge < -0.3 is 29.6 Å². The molecule has 2 aromatic carbocycles. The molecule has 0 aliphatic carbocycles. The van der Waals surface area contributed by atoms with E-state index in [4.69, 9.17) is 13.9 Å². The molecule has 13 heteroatoms. The molecular weight excluding hydrogens is 597 g/mol. The highest BCUT2D eigenvalue weighted by molar-refractivity contribution is 6.03. The Kier molecular flexibility index (Phi) is 10.4. The van der Waals surface area contributed by atoms with Crippen molar-refractivity contribution < 1.29 is 37.8 Å². The Morgan fingerprint density at radius 2 is 1.85 bits per heavy atom. The summed E-state index contributed by atoms with van der Waals surface area (Å²) in [6.07, 6.45) is 0.104. The summed E-state index contributed by atoms with van der Waals surface area (Å²) in [4.78, 5) is 43.1. The van der Waals surface area contributed by atoms with Gasteiger partial charge in [-0.2, -0.15) is 5.26 Å². The SMILES string of the molecule is COCOc1cc(F)ccc1-c1cc(-c2cccc(NC(=O)CN(CC(C)(C)C)C(=O)O)c2)c(C#N)c(NC(=O)c2ccco2)n1. The van der Waals surface area contributed by atoms with E-state index in [1.807, 2.05) is 20.8 Å². The van der Waals surface area contributed by atoms with Gasteiger partial charge in [0, 0.05) is 36.5 Å². The van der Waals surface area contributed by atoms with Crippen molar-refractivity contribution in [3.05, 3.63) is 84.1 Å². The summed E-state index contributed by atoms with van der Waals surface area (Å²) in [6.45, 7) is 5.17. The molecule has 0 spiro atoms. The second-order valence-corrected chi connectivity index (χ2v) is 11.3. The van der Waals surface area contributed by atoms with Crippen LogP contribution in [-0.2, 0) is 9.53 Å². The second-order valence-electron chi connectivity index (χ2n) is 11.3. The highest BCUT2D eigenvalue weighted by Crippen LogP contribution is 2.37. The molecular formula is C33H32FN5O7. The number of pyridine rings is 1. The van der Waals surface area contributed by atoms with Gasteiger partial charge in [-0.3, -0.25) is 14.5 Å². The minimum atomic E-state index is -1.22. The van der Waals surface area contributed by atoms with Crippen molar-refractivity contribution in [1.82, 2.24) is 9.88 Å². The molecule has 0 saturated carbocycles. The lowest BCUT2D eigenvalue weighted by atomic mass is 9.96. The number of carbonyl (C=O) groups excluding carboxylic acids is 2. The van der Waals surface area contributed by atoms with E-state index in [0.717, 1.165) is 11.0 Å². The van der Waals surface area contributed by atoms with Crippen LogP contribution in [0.4, 0.5) is 20.7 Å². The van der Waals surface area contributed by atoms with Gasteiger partial charge in [0.15, 0.2) is 18.4 Å². The van der Waals surface area contributed by atoms with Crippen LogP contribution in [0, 0.1) is 22.6 Å². The summed E-state index contributed by atoms with van der Waals surface area (Å²) >= 11 is 0. The van der Waals surface area contributed by atoms with E-state index in [0.29, 0.717) is 22.4 Å². The lowest BCUT2D eigenvalue weighted by Gasteiger charge is -2.27. The van der Waals surface area contributed by atoms with Gasteiger partial charge in [0.2, 0.25) is 5.91 Å². The van der Waals surface area contributed by atoms with Crippen molar-refractivity contribution in [3.63, 3.8) is 0 Å². The molecule has 0 bridgehead atoms. The lowest BCUT2D eigenvalue weighted by molar-refractivity contribution is -0.117. The van der Waals surface area contributed by atoms with Crippen LogP contribution in [-0.4, -0.2) is 59.9 Å². The molecule has 2 heterocycles. The standard InChI is InChI=1S/C33H32FN5O7/c1-33(2,3)18-39(32(42)43)17-29(40)36-22-8-5-7-20(13-22)24-15-26(23-11-10-21(34)14-28(23)46-19-44-4)37-30(25(24)16-35)38-31(41)27-9-6-12-45-27/h5-15H,17-19H2,1-4H3,(H,36,40)(H,42,43)(H,37,38,41). The molecule has 0 aliphatic heterocycles. The van der Waals surface area contributed by atoms with E-state index in [2.05, 4.69) is 21.7 Å². The number of amides is 3. The fourth-order valence-electron chi connectivity index (χ4n) is 4.54. The molecule has 0 aliphatic rings. The molecule has 0 atom stereocenters. The molecule has 238 valence electrons. The zero-order valence-corrected chi connectivity index (χ0v) is 25.6. The number of halogens is 1. The molecule has 0 unspecified atom stereocenters. The largest absolute Gasteiger partial charge is 0.467 e. The summed E-state index contributed by atoms with van der Waals surface area (Å²) in [5, 5.41) is 25.2. The number of benzene rings is 2. The number of rotatable bonds is 11. The third-order valence-electron chi connectivity index (χ3n) is 6.39. The van der Waals surface area contributed by atoms with Crippen molar-refractivity contribution >= 4 is 29.4 Å². The predicted octanol–water partition coefficient (Wildman–Crippen LogP) is 6.22. The average molecular weight is 630 g/mol. The molecule has 4 rings (SSSR count). The number of ether oxygens (including phenoxy) is 2. The maximum absolute atomic E-state index is 14.2. The van der Waals surface area contributed by atoms with E-state index in [-0.39, 0.29) is 47.3 Å². The number of nitrogens with one attached hydrogen (secondary N) is 2. The van der Waals surface area contributed by atoms with Gasteiger partial charge in [0.05, 0.1) is 12.0 Å². The maximum Gasteiger partial charge on any atom is 0.407 e. The van der Waals surface area contributed by atoms with Crippen molar-refractivity contribution in [2.75, 3.05) is 37.6 Å². The third kappa shape index (κ3) is 8.46. The van der Waals surface area contributed by atoms with Gasteiger partial charge in [0.1, 0.15) is 29.7 Å². The fraction of sp³-hybridized carbons (Fsp3) is 0.242. The minimum absolute atomic E-state index is 0.00386. The van der Waals surface area contributed by atoms with Crippen LogP contribution >= 0.6 is 0 Å². The van der Waals surface area contributed by atoms with E-state index in [1.165, 1.54) is 37.6 Å². The Bertz CT molecular complexity index is 1780. The van der Waals surface area contributed by atoms with Gasteiger partial charge in [-0.25, -0.2) is 14.2 Å². The Labute approximate surface area is 264 Å². The summed E-state index contributed by atoms with van der Waals surface area (Å²) < 4.78 is 29.9. The van der Waals surface area contributed by atoms with Crippen molar-refractivity contribution in [2.24, 2.45) is 5.41 Å². The van der Waals surface area contributed by atoms with Crippen molar-refractivity contribution in [1.29, 1.82) is 5.26 Å². The number of nitrogens with zero attached hydrogens (tertiary/aromatic N) is 3. The summed E-state index contributed by atoms with van der Waals surface area (Å²) in [6, 6.07) is 17.0. The Morgan fingerprint density at radius 3 is 2.50 bits per heavy atom. The van der Waals surface area contributed by atoms with Crippen LogP contribution in [0.15, 0.2) is 71.3 Å². The first kappa shape index (κ1) is 33.2. The quantitative estimate of drug-likeness (QED) is 0.163. The zero-order chi connectivity index (χ0) is 33.4. The molecule has 3 N–H and O–H groups in total. The summed E-state index contributed by atoms with van der Waals surface area (Å²) in [5.41, 5.74) is 1.30. The van der Waals surface area contributed by atoms with E-state index in [9.17, 15) is 29.1 Å². The highest BCUT2D eigenvalue weighted by Gasteiger charge is 2.24. The number of methoxy groups -OCH3 is 1. The molecule has 0 saturated heterocycles. The molecule has 3 amide bonds. The normalized spacial score (nSPS) is 11.0. The first-order chi connectivity index (χ1) is 21.9. The van der Waals surface area contributed by atoms with Gasteiger partial charge >= 0.3 is 6.09 Å². The van der Waals surface area contributed by atoms with Crippen LogP contribution in [0.2, 0.25) is 0 Å². The molecule has 0 fully saturated rings. The number of carbonyl (C=O) groups is 3. The minimum Gasteiger partial charge on any atom is -0.467 e. The lowest BCUT2D eigenvalue weighted by Crippen LogP contribution is -2.41. The van der Waals surface area contributed by atoms with Crippen LogP contribution in [0.3, 0.4) is 0 Å². The number of anilines is 2. The van der Waals surface area contributed by atoms with Crippen LogP contribution in [0.1, 0.15) is 36.9 Å². The van der Waals surface area contributed by atoms with E-state index < -0.39 is 30.3 Å². The summed E-state index contributed by atoms with van der Waals surface area (Å²) in [5.74, 6) is -1.80. The van der Waals surface area contributed by atoms with Gasteiger partial charge in [0.25, 0.3) is 5.91 Å². The summed E-state index contributed by atoms with van der Waals surface area (Å²) in [7, 11) is 1.41. The first-order valence-corrected chi connectivity index (χ1v) is 14.0. The zero-order valence-electron chi connectivity index (χ0n) is 25.6. The number of aromatic nitrogens is 1. The molecule has 46 heavy (non-hydrogen) atoms. The van der Waals surface area contributed by atoms with Crippen LogP contribution < -0.4 is 15.4 Å². The van der Waals surface area contributed by atoms with Crippen LogP contribution in [0.5, 0.6) is 5.75 Å². The molecule has 12 nitrogen and oxygen atoms in total. The van der Waals surface area contributed by atoms with Crippen molar-refractivity contribution in [3.8, 4) is 34.2 Å². The average Bonchev–Trinajstić information content (AvgIpc) is 3.54. The van der Waals surface area contributed by atoms with Crippen LogP contribution in [0.25, 0.3) is 22.4 Å². The monoisotopic (exact) mass is 629 g/mol. The number of nitriles is 1. The number of furan rings is 1. The molecule has 0 radical (unpaired) electrons. The number of hydrogen-bond acceptors (Lipinski definition) is 8. The fourth-order valence-corrected chi connectivity index (χ4v) is 4.54. The first-order valence-electron chi connectivity index (χ1n) is 14.0. The smallest absolute Gasteiger partial charge is 0.407 e. The van der Waals surface area contributed by atoms with Crippen molar-refractivity contribution in [2.45, 2.75) is 20.8 Å². The second kappa shape index (κ2) is 14.4. The topological polar surface area (TPSA) is 167 Å². The van der Waals surface area contributed by atoms with Gasteiger partial charge in [-0.05, 0) is 53.4 Å². The molecule has 4 aromatic rings. The Hall–Kier alpha value is -5.74. The van der Waals surface area contributed by atoms with Gasteiger partial charge in [-0.1, -0.05) is 32.9 Å². The third-order valence-corrected chi connectivity index (χ3v) is 6.39. The van der Waals surface area contributed by atoms with E-state index >= 15 is 0 Å². The number of carboxylic acid groups (broad SMARTS) is 1. The number of hydrogen-bond donors (Lipinski definition) is 3. The highest BCUT2D eigenvalue weighted by atomic mass is 19.1. The Morgan fingerprint density at radius 1 is 1.07 bits per heavy atom. The molecule has 2 aromatic heterocycles. The Balaban J connectivity index is 1.78.